The van der Waals surface area contributed by atoms with Gasteiger partial charge in [-0.2, -0.15) is 4.31 Å². The fourth-order valence-electron chi connectivity index (χ4n) is 2.45. The molecule has 1 saturated carbocycles. The standard InChI is InChI=1S/C18H19ClN2O3S/c19-15-7-4-8-17(11-15)25(23,24)21(12-14-5-2-1-3-6-14)13-18(22)20-16-9-10-16/h1-8,11,16H,9-10,12-13H2,(H,20,22). The van der Waals surface area contributed by atoms with Crippen LogP contribution in [0.3, 0.4) is 0 Å². The topological polar surface area (TPSA) is 66.5 Å². The molecule has 0 unspecified atom stereocenters. The van der Waals surface area contributed by atoms with E-state index in [0.29, 0.717) is 5.02 Å². The van der Waals surface area contributed by atoms with Crippen molar-refractivity contribution >= 4 is 27.5 Å². The second-order valence-corrected chi connectivity index (χ2v) is 8.43. The van der Waals surface area contributed by atoms with Crippen LogP contribution < -0.4 is 5.32 Å². The van der Waals surface area contributed by atoms with Crippen molar-refractivity contribution in [3.63, 3.8) is 0 Å². The third-order valence-corrected chi connectivity index (χ3v) is 5.92. The lowest BCUT2D eigenvalue weighted by Crippen LogP contribution is -2.41. The molecule has 1 fully saturated rings. The molecule has 1 amide bonds. The summed E-state index contributed by atoms with van der Waals surface area (Å²) in [5.41, 5.74) is 0.812. The maximum Gasteiger partial charge on any atom is 0.243 e. The summed E-state index contributed by atoms with van der Waals surface area (Å²) in [7, 11) is -3.84. The van der Waals surface area contributed by atoms with Gasteiger partial charge in [-0.25, -0.2) is 8.42 Å². The van der Waals surface area contributed by atoms with Gasteiger partial charge in [0, 0.05) is 17.6 Å². The lowest BCUT2D eigenvalue weighted by atomic mass is 10.2. The van der Waals surface area contributed by atoms with Crippen LogP contribution in [0.5, 0.6) is 0 Å². The lowest BCUT2D eigenvalue weighted by Gasteiger charge is -2.22. The largest absolute Gasteiger partial charge is 0.352 e. The van der Waals surface area contributed by atoms with Crippen molar-refractivity contribution in [3.8, 4) is 0 Å². The highest BCUT2D eigenvalue weighted by atomic mass is 35.5. The van der Waals surface area contributed by atoms with Crippen LogP contribution in [0.4, 0.5) is 0 Å². The first-order valence-corrected chi connectivity index (χ1v) is 9.86. The minimum absolute atomic E-state index is 0.0788. The first-order chi connectivity index (χ1) is 11.9. The molecule has 0 saturated heterocycles. The zero-order valence-corrected chi connectivity index (χ0v) is 15.1. The molecule has 2 aromatic carbocycles. The van der Waals surface area contributed by atoms with E-state index in [-0.39, 0.29) is 29.9 Å². The van der Waals surface area contributed by atoms with Crippen LogP contribution in [0.15, 0.2) is 59.5 Å². The van der Waals surface area contributed by atoms with Crippen molar-refractivity contribution in [3.05, 3.63) is 65.2 Å². The van der Waals surface area contributed by atoms with Gasteiger partial charge in [0.05, 0.1) is 11.4 Å². The Morgan fingerprint density at radius 3 is 2.48 bits per heavy atom. The third kappa shape index (κ3) is 4.81. The predicted octanol–water partition coefficient (Wildman–Crippen LogP) is 2.81. The van der Waals surface area contributed by atoms with Gasteiger partial charge in [0.15, 0.2) is 0 Å². The molecule has 0 aromatic heterocycles. The number of carbonyl (C=O) groups excluding carboxylic acids is 1. The van der Waals surface area contributed by atoms with Crippen molar-refractivity contribution in [1.82, 2.24) is 9.62 Å². The molecule has 0 heterocycles. The Hall–Kier alpha value is -1.89. The monoisotopic (exact) mass is 378 g/mol. The zero-order chi connectivity index (χ0) is 17.9. The fourth-order valence-corrected chi connectivity index (χ4v) is 4.14. The summed E-state index contributed by atoms with van der Waals surface area (Å²) >= 11 is 5.94. The minimum atomic E-state index is -3.84. The number of carbonyl (C=O) groups is 1. The van der Waals surface area contributed by atoms with Gasteiger partial charge in [-0.05, 0) is 36.6 Å². The average Bonchev–Trinajstić information content (AvgIpc) is 3.39. The highest BCUT2D eigenvalue weighted by molar-refractivity contribution is 7.89. The number of hydrogen-bond acceptors (Lipinski definition) is 3. The number of benzene rings is 2. The lowest BCUT2D eigenvalue weighted by molar-refractivity contribution is -0.121. The Kier molecular flexibility index (Phi) is 5.42. The fraction of sp³-hybridized carbons (Fsp3) is 0.278. The van der Waals surface area contributed by atoms with Crippen LogP contribution in [0.1, 0.15) is 18.4 Å². The SMILES string of the molecule is O=C(CN(Cc1ccccc1)S(=O)(=O)c1cccc(Cl)c1)NC1CC1. The van der Waals surface area contributed by atoms with Crippen molar-refractivity contribution in [2.45, 2.75) is 30.3 Å². The minimum Gasteiger partial charge on any atom is -0.352 e. The van der Waals surface area contributed by atoms with E-state index in [4.69, 9.17) is 11.6 Å². The molecule has 0 spiro atoms. The smallest absolute Gasteiger partial charge is 0.243 e. The molecule has 1 aliphatic carbocycles. The molecule has 0 bridgehead atoms. The predicted molar refractivity (Wildman–Crippen MR) is 96.7 cm³/mol. The van der Waals surface area contributed by atoms with Gasteiger partial charge in [-0.3, -0.25) is 4.79 Å². The molecule has 5 nitrogen and oxygen atoms in total. The molecule has 0 radical (unpaired) electrons. The summed E-state index contributed by atoms with van der Waals surface area (Å²) in [6, 6.07) is 15.5. The number of amides is 1. The van der Waals surface area contributed by atoms with Gasteiger partial charge in [0.1, 0.15) is 0 Å². The molecule has 2 aromatic rings. The number of nitrogens with zero attached hydrogens (tertiary/aromatic N) is 1. The van der Waals surface area contributed by atoms with Crippen LogP contribution in [-0.4, -0.2) is 31.2 Å². The molecule has 25 heavy (non-hydrogen) atoms. The highest BCUT2D eigenvalue weighted by Crippen LogP contribution is 2.22. The van der Waals surface area contributed by atoms with Crippen LogP contribution in [-0.2, 0) is 21.4 Å². The second kappa shape index (κ2) is 7.56. The summed E-state index contributed by atoms with van der Waals surface area (Å²) in [5.74, 6) is -0.288. The molecule has 0 atom stereocenters. The van der Waals surface area contributed by atoms with Crippen molar-refractivity contribution in [2.75, 3.05) is 6.54 Å². The first-order valence-electron chi connectivity index (χ1n) is 8.04. The van der Waals surface area contributed by atoms with Gasteiger partial charge < -0.3 is 5.32 Å². The molecule has 1 N–H and O–H groups in total. The first kappa shape index (κ1) is 17.9. The van der Waals surface area contributed by atoms with E-state index in [1.807, 2.05) is 30.3 Å². The molecular weight excluding hydrogens is 360 g/mol. The Balaban J connectivity index is 1.86. The van der Waals surface area contributed by atoms with E-state index in [2.05, 4.69) is 5.32 Å². The molecule has 0 aliphatic heterocycles. The summed E-state index contributed by atoms with van der Waals surface area (Å²) in [5, 5.41) is 3.17. The Labute approximate surface area is 152 Å². The Morgan fingerprint density at radius 2 is 1.84 bits per heavy atom. The number of halogens is 1. The van der Waals surface area contributed by atoms with Crippen LogP contribution in [0, 0.1) is 0 Å². The van der Waals surface area contributed by atoms with E-state index in [9.17, 15) is 13.2 Å². The quantitative estimate of drug-likeness (QED) is 0.805. The summed E-state index contributed by atoms with van der Waals surface area (Å²) in [6.07, 6.45) is 1.90. The van der Waals surface area contributed by atoms with Crippen LogP contribution >= 0.6 is 11.6 Å². The second-order valence-electron chi connectivity index (χ2n) is 6.06. The van der Waals surface area contributed by atoms with Gasteiger partial charge in [0.25, 0.3) is 0 Å². The van der Waals surface area contributed by atoms with E-state index in [0.717, 1.165) is 18.4 Å². The van der Waals surface area contributed by atoms with E-state index >= 15 is 0 Å². The van der Waals surface area contributed by atoms with Crippen LogP contribution in [0.2, 0.25) is 5.02 Å². The third-order valence-electron chi connectivity index (χ3n) is 3.90. The Bertz CT molecular complexity index is 852. The summed E-state index contributed by atoms with van der Waals surface area (Å²) in [4.78, 5) is 12.3. The van der Waals surface area contributed by atoms with Gasteiger partial charge >= 0.3 is 0 Å². The number of nitrogens with one attached hydrogen (secondary N) is 1. The highest BCUT2D eigenvalue weighted by Gasteiger charge is 2.29. The molecule has 132 valence electrons. The molecular formula is C18H19ClN2O3S. The van der Waals surface area contributed by atoms with E-state index in [1.54, 1.807) is 12.1 Å². The average molecular weight is 379 g/mol. The van der Waals surface area contributed by atoms with E-state index < -0.39 is 10.0 Å². The number of hydrogen-bond donors (Lipinski definition) is 1. The maximum absolute atomic E-state index is 13.0. The zero-order valence-electron chi connectivity index (χ0n) is 13.6. The Morgan fingerprint density at radius 1 is 1.12 bits per heavy atom. The number of sulfonamides is 1. The van der Waals surface area contributed by atoms with Gasteiger partial charge in [-0.15, -0.1) is 0 Å². The number of rotatable bonds is 7. The molecule has 3 rings (SSSR count). The van der Waals surface area contributed by atoms with E-state index in [1.165, 1.54) is 16.4 Å². The van der Waals surface area contributed by atoms with Gasteiger partial charge in [-0.1, -0.05) is 48.0 Å². The molecule has 7 heteroatoms. The van der Waals surface area contributed by atoms with Gasteiger partial charge in [0.2, 0.25) is 15.9 Å². The summed E-state index contributed by atoms with van der Waals surface area (Å²) < 4.78 is 27.2. The normalized spacial score (nSPS) is 14.5. The van der Waals surface area contributed by atoms with Crippen molar-refractivity contribution in [1.29, 1.82) is 0 Å². The molecule has 1 aliphatic rings. The van der Waals surface area contributed by atoms with Crippen LogP contribution in [0.25, 0.3) is 0 Å². The van der Waals surface area contributed by atoms with Crippen molar-refractivity contribution < 1.29 is 13.2 Å². The summed E-state index contributed by atoms with van der Waals surface area (Å²) in [6.45, 7) is -0.103. The van der Waals surface area contributed by atoms with Crippen molar-refractivity contribution in [2.24, 2.45) is 0 Å². The maximum atomic E-state index is 13.0.